The van der Waals surface area contributed by atoms with E-state index in [1.807, 2.05) is 26.0 Å². The lowest BCUT2D eigenvalue weighted by atomic mass is 10.0. The number of ether oxygens (including phenoxy) is 1. The normalized spacial score (nSPS) is 16.8. The number of aryl methyl sites for hydroxylation is 1. The number of fused-ring (bicyclic) bond motifs is 1. The lowest BCUT2D eigenvalue weighted by Gasteiger charge is -2.31. The van der Waals surface area contributed by atoms with Crippen LogP contribution in [0.4, 0.5) is 0 Å². The third-order valence-electron chi connectivity index (χ3n) is 5.00. The summed E-state index contributed by atoms with van der Waals surface area (Å²) in [4.78, 5) is 7.63. The van der Waals surface area contributed by atoms with Gasteiger partial charge in [0.25, 0.3) is 0 Å². The fourth-order valence-corrected chi connectivity index (χ4v) is 5.01. The van der Waals surface area contributed by atoms with Gasteiger partial charge in [-0.1, -0.05) is 11.3 Å². The number of aromatic hydroxyl groups is 1. The van der Waals surface area contributed by atoms with Crippen LogP contribution >= 0.6 is 11.3 Å². The van der Waals surface area contributed by atoms with Gasteiger partial charge < -0.3 is 14.7 Å². The maximum Gasteiger partial charge on any atom is 0.235 e. The van der Waals surface area contributed by atoms with Gasteiger partial charge >= 0.3 is 0 Å². The molecule has 0 aliphatic carbocycles. The molecule has 1 atom stereocenters. The lowest BCUT2D eigenvalue weighted by molar-refractivity contribution is -0.929. The maximum atomic E-state index is 10.8. The number of rotatable bonds is 5. The van der Waals surface area contributed by atoms with Gasteiger partial charge in [0.15, 0.2) is 6.04 Å². The van der Waals surface area contributed by atoms with Gasteiger partial charge in [0.1, 0.15) is 16.5 Å². The molecule has 0 bridgehead atoms. The van der Waals surface area contributed by atoms with Crippen LogP contribution in [-0.4, -0.2) is 39.4 Å². The number of likely N-dealkylation sites (tertiary alicyclic amines) is 1. The minimum absolute atomic E-state index is 0.0970. The molecule has 7 heteroatoms. The van der Waals surface area contributed by atoms with Crippen molar-refractivity contribution in [1.82, 2.24) is 14.6 Å². The van der Waals surface area contributed by atoms with Crippen molar-refractivity contribution in [1.29, 1.82) is 0 Å². The smallest absolute Gasteiger partial charge is 0.235 e. The van der Waals surface area contributed by atoms with Crippen molar-refractivity contribution >= 4 is 16.3 Å². The van der Waals surface area contributed by atoms with Crippen molar-refractivity contribution < 1.29 is 14.7 Å². The number of quaternary nitrogens is 1. The van der Waals surface area contributed by atoms with Crippen LogP contribution in [0.25, 0.3) is 4.96 Å². The summed E-state index contributed by atoms with van der Waals surface area (Å²) in [5, 5.41) is 15.2. The van der Waals surface area contributed by atoms with Crippen LogP contribution in [0.3, 0.4) is 0 Å². The van der Waals surface area contributed by atoms with Gasteiger partial charge in [-0.25, -0.2) is 4.98 Å². The van der Waals surface area contributed by atoms with Gasteiger partial charge in [-0.15, -0.1) is 5.10 Å². The molecule has 26 heavy (non-hydrogen) atoms. The van der Waals surface area contributed by atoms with Gasteiger partial charge in [0, 0.05) is 5.56 Å². The Labute approximate surface area is 157 Å². The Balaban J connectivity index is 1.76. The first-order valence-corrected chi connectivity index (χ1v) is 10.1. The van der Waals surface area contributed by atoms with Crippen molar-refractivity contribution in [3.8, 4) is 11.6 Å². The van der Waals surface area contributed by atoms with E-state index in [2.05, 4.69) is 22.2 Å². The summed E-state index contributed by atoms with van der Waals surface area (Å²) in [6.45, 7) is 6.73. The fourth-order valence-electron chi connectivity index (χ4n) is 3.83. The fraction of sp³-hybridized carbons (Fsp3) is 0.474. The molecule has 4 rings (SSSR count). The predicted octanol–water partition coefficient (Wildman–Crippen LogP) is 2.36. The highest BCUT2D eigenvalue weighted by atomic mass is 32.1. The standard InChI is InChI=1S/C19H24N4O2S/c1-3-25-15-9-7-14(8-10-15)16(22-11-5-4-6-12-22)17-18(24)23-19(26-17)20-13(2)21-23/h7-10,16,24H,3-6,11-12H2,1-2H3/p+1/t16-/m1/s1. The van der Waals surface area contributed by atoms with Crippen molar-refractivity contribution in [2.45, 2.75) is 39.2 Å². The molecule has 2 N–H and O–H groups in total. The number of nitrogens with zero attached hydrogens (tertiary/aromatic N) is 3. The number of nitrogens with one attached hydrogen (secondary N) is 1. The molecular weight excluding hydrogens is 348 g/mol. The molecular formula is C19H25N4O2S+. The van der Waals surface area contributed by atoms with Crippen molar-refractivity contribution in [2.75, 3.05) is 19.7 Å². The topological polar surface area (TPSA) is 64.1 Å². The van der Waals surface area contributed by atoms with Crippen LogP contribution in [0.15, 0.2) is 24.3 Å². The van der Waals surface area contributed by atoms with E-state index >= 15 is 0 Å². The molecule has 0 unspecified atom stereocenters. The SMILES string of the molecule is CCOc1ccc([C@H](c2sc3nc(C)nn3c2O)[NH+]2CCCCC2)cc1. The van der Waals surface area contributed by atoms with Crippen molar-refractivity contribution in [3.05, 3.63) is 40.5 Å². The van der Waals surface area contributed by atoms with E-state index in [4.69, 9.17) is 4.74 Å². The van der Waals surface area contributed by atoms with Crippen LogP contribution in [0.1, 0.15) is 48.5 Å². The summed E-state index contributed by atoms with van der Waals surface area (Å²) >= 11 is 1.54. The molecule has 0 radical (unpaired) electrons. The average molecular weight is 374 g/mol. The minimum atomic E-state index is 0.0970. The molecule has 0 saturated carbocycles. The first kappa shape index (κ1) is 17.3. The molecule has 0 amide bonds. The molecule has 2 aromatic heterocycles. The third-order valence-corrected chi connectivity index (χ3v) is 6.08. The van der Waals surface area contributed by atoms with Gasteiger partial charge in [-0.3, -0.25) is 0 Å². The summed E-state index contributed by atoms with van der Waals surface area (Å²) in [7, 11) is 0. The second kappa shape index (κ2) is 7.25. The molecule has 1 fully saturated rings. The molecule has 1 saturated heterocycles. The highest BCUT2D eigenvalue weighted by molar-refractivity contribution is 7.17. The number of hydrogen-bond donors (Lipinski definition) is 2. The van der Waals surface area contributed by atoms with E-state index < -0.39 is 0 Å². The zero-order chi connectivity index (χ0) is 18.1. The lowest BCUT2D eigenvalue weighted by Crippen LogP contribution is -3.13. The maximum absolute atomic E-state index is 10.8. The summed E-state index contributed by atoms with van der Waals surface area (Å²) in [5.74, 6) is 1.79. The van der Waals surface area contributed by atoms with Crippen LogP contribution in [0.2, 0.25) is 0 Å². The van der Waals surface area contributed by atoms with Crippen LogP contribution in [0.5, 0.6) is 11.6 Å². The number of aromatic nitrogens is 3. The molecule has 6 nitrogen and oxygen atoms in total. The number of benzene rings is 1. The summed E-state index contributed by atoms with van der Waals surface area (Å²) in [6, 6.07) is 8.39. The Kier molecular flexibility index (Phi) is 4.82. The van der Waals surface area contributed by atoms with E-state index in [0.29, 0.717) is 12.4 Å². The summed E-state index contributed by atoms with van der Waals surface area (Å²) in [5.41, 5.74) is 1.20. The van der Waals surface area contributed by atoms with Crippen LogP contribution in [-0.2, 0) is 0 Å². The molecule has 3 heterocycles. The zero-order valence-electron chi connectivity index (χ0n) is 15.2. The Morgan fingerprint density at radius 2 is 1.96 bits per heavy atom. The number of piperidine rings is 1. The Morgan fingerprint density at radius 3 is 2.62 bits per heavy atom. The zero-order valence-corrected chi connectivity index (χ0v) is 16.1. The third kappa shape index (κ3) is 3.17. The van der Waals surface area contributed by atoms with Gasteiger partial charge in [-0.2, -0.15) is 4.52 Å². The second-order valence-corrected chi connectivity index (χ2v) is 7.81. The van der Waals surface area contributed by atoms with E-state index in [1.165, 1.54) is 29.7 Å². The molecule has 138 valence electrons. The minimum Gasteiger partial charge on any atom is -0.494 e. The van der Waals surface area contributed by atoms with Crippen LogP contribution in [0, 0.1) is 6.92 Å². The van der Waals surface area contributed by atoms with Gasteiger partial charge in [0.2, 0.25) is 10.8 Å². The van der Waals surface area contributed by atoms with E-state index in [0.717, 1.165) is 28.7 Å². The molecule has 3 aromatic rings. The first-order chi connectivity index (χ1) is 12.7. The van der Waals surface area contributed by atoms with E-state index in [1.54, 1.807) is 15.9 Å². The van der Waals surface area contributed by atoms with Crippen molar-refractivity contribution in [3.63, 3.8) is 0 Å². The van der Waals surface area contributed by atoms with Crippen molar-refractivity contribution in [2.24, 2.45) is 0 Å². The average Bonchev–Trinajstić information content (AvgIpc) is 3.16. The Bertz CT molecular complexity index is 881. The quantitative estimate of drug-likeness (QED) is 0.721. The van der Waals surface area contributed by atoms with E-state index in [-0.39, 0.29) is 11.9 Å². The highest BCUT2D eigenvalue weighted by Gasteiger charge is 2.33. The highest BCUT2D eigenvalue weighted by Crippen LogP contribution is 2.35. The first-order valence-electron chi connectivity index (χ1n) is 9.29. The Hall–Kier alpha value is -2.12. The Morgan fingerprint density at radius 1 is 1.23 bits per heavy atom. The van der Waals surface area contributed by atoms with E-state index in [9.17, 15) is 5.11 Å². The monoisotopic (exact) mass is 373 g/mol. The predicted molar refractivity (Wildman–Crippen MR) is 101 cm³/mol. The van der Waals surface area contributed by atoms with Crippen LogP contribution < -0.4 is 9.64 Å². The molecule has 1 aliphatic rings. The molecule has 1 aliphatic heterocycles. The molecule has 0 spiro atoms. The van der Waals surface area contributed by atoms with Gasteiger partial charge in [-0.05, 0) is 57.4 Å². The summed E-state index contributed by atoms with van der Waals surface area (Å²) in [6.07, 6.45) is 3.74. The largest absolute Gasteiger partial charge is 0.494 e. The summed E-state index contributed by atoms with van der Waals surface area (Å²) < 4.78 is 7.16. The number of hydrogen-bond acceptors (Lipinski definition) is 5. The number of thiazole rings is 1. The molecule has 1 aromatic carbocycles. The second-order valence-electron chi connectivity index (χ2n) is 6.80. The van der Waals surface area contributed by atoms with Gasteiger partial charge in [0.05, 0.1) is 19.7 Å².